The fraction of sp³-hybridized carbons (Fsp3) is 0.667. The zero-order valence-electron chi connectivity index (χ0n) is 12.9. The van der Waals surface area contributed by atoms with Crippen molar-refractivity contribution < 1.29 is 4.74 Å². The van der Waals surface area contributed by atoms with E-state index in [-0.39, 0.29) is 0 Å². The molecule has 3 rings (SSSR count). The average molecular weight is 304 g/mol. The van der Waals surface area contributed by atoms with Crippen molar-refractivity contribution >= 4 is 11.9 Å². The molecule has 7 heteroatoms. The van der Waals surface area contributed by atoms with Crippen LogP contribution in [0, 0.1) is 5.92 Å². The Balaban J connectivity index is 1.54. The summed E-state index contributed by atoms with van der Waals surface area (Å²) in [7, 11) is 0. The van der Waals surface area contributed by atoms with Crippen molar-refractivity contribution in [2.24, 2.45) is 16.6 Å². The van der Waals surface area contributed by atoms with Gasteiger partial charge in [0, 0.05) is 45.1 Å². The minimum atomic E-state index is 0.511. The highest BCUT2D eigenvalue weighted by Crippen LogP contribution is 2.20. The molecule has 0 bridgehead atoms. The topological polar surface area (TPSA) is 79.9 Å². The molecule has 2 aliphatic heterocycles. The van der Waals surface area contributed by atoms with Gasteiger partial charge in [0.25, 0.3) is 0 Å². The van der Waals surface area contributed by atoms with Crippen LogP contribution in [0.3, 0.4) is 0 Å². The maximum absolute atomic E-state index is 6.09. The largest absolute Gasteiger partial charge is 0.378 e. The predicted molar refractivity (Wildman–Crippen MR) is 85.9 cm³/mol. The molecule has 1 atom stereocenters. The molecule has 0 saturated carbocycles. The van der Waals surface area contributed by atoms with Crippen LogP contribution in [0.4, 0.5) is 5.95 Å². The van der Waals surface area contributed by atoms with Crippen LogP contribution in [-0.4, -0.2) is 66.8 Å². The number of hydrogen-bond acceptors (Lipinski definition) is 5. The van der Waals surface area contributed by atoms with Crippen LogP contribution in [0.2, 0.25) is 0 Å². The Labute approximate surface area is 131 Å². The molecule has 3 heterocycles. The van der Waals surface area contributed by atoms with Gasteiger partial charge < -0.3 is 20.3 Å². The van der Waals surface area contributed by atoms with Gasteiger partial charge in [-0.15, -0.1) is 0 Å². The Kier molecular flexibility index (Phi) is 5.05. The Morgan fingerprint density at radius 2 is 2.05 bits per heavy atom. The molecular formula is C15H24N6O. The molecule has 2 saturated heterocycles. The SMILES string of the molecule is NC(=NCC1CCCN(c2ncccn2)C1)N1CCOCC1. The van der Waals surface area contributed by atoms with Crippen molar-refractivity contribution in [3.05, 3.63) is 18.5 Å². The first-order chi connectivity index (χ1) is 10.8. The van der Waals surface area contributed by atoms with Gasteiger partial charge in [-0.05, 0) is 24.8 Å². The first kappa shape index (κ1) is 15.0. The number of piperidine rings is 1. The molecule has 1 aromatic heterocycles. The number of anilines is 1. The third-order valence-electron chi connectivity index (χ3n) is 4.20. The third-order valence-corrected chi connectivity index (χ3v) is 4.20. The fourth-order valence-electron chi connectivity index (χ4n) is 2.97. The van der Waals surface area contributed by atoms with Crippen LogP contribution in [0.15, 0.2) is 23.5 Å². The maximum atomic E-state index is 6.09. The van der Waals surface area contributed by atoms with Crippen LogP contribution in [0.25, 0.3) is 0 Å². The van der Waals surface area contributed by atoms with Crippen LogP contribution >= 0.6 is 0 Å². The molecule has 2 fully saturated rings. The van der Waals surface area contributed by atoms with E-state index in [1.807, 2.05) is 6.07 Å². The lowest BCUT2D eigenvalue weighted by atomic mass is 9.98. The molecule has 0 amide bonds. The van der Waals surface area contributed by atoms with Crippen molar-refractivity contribution in [2.75, 3.05) is 50.8 Å². The van der Waals surface area contributed by atoms with Crippen LogP contribution in [0.1, 0.15) is 12.8 Å². The molecule has 0 radical (unpaired) electrons. The monoisotopic (exact) mass is 304 g/mol. The van der Waals surface area contributed by atoms with E-state index in [1.165, 1.54) is 6.42 Å². The summed E-state index contributed by atoms with van der Waals surface area (Å²) in [6.45, 7) is 5.88. The molecular weight excluding hydrogens is 280 g/mol. The fourth-order valence-corrected chi connectivity index (χ4v) is 2.97. The Bertz CT molecular complexity index is 488. The minimum Gasteiger partial charge on any atom is -0.378 e. The highest BCUT2D eigenvalue weighted by Gasteiger charge is 2.22. The van der Waals surface area contributed by atoms with E-state index in [2.05, 4.69) is 24.8 Å². The number of aromatic nitrogens is 2. The molecule has 120 valence electrons. The van der Waals surface area contributed by atoms with Crippen LogP contribution in [0.5, 0.6) is 0 Å². The van der Waals surface area contributed by atoms with Crippen molar-refractivity contribution in [2.45, 2.75) is 12.8 Å². The second-order valence-electron chi connectivity index (χ2n) is 5.80. The highest BCUT2D eigenvalue weighted by molar-refractivity contribution is 5.78. The Hall–Kier alpha value is -1.89. The Morgan fingerprint density at radius 1 is 1.27 bits per heavy atom. The smallest absolute Gasteiger partial charge is 0.225 e. The molecule has 2 aliphatic rings. The van der Waals surface area contributed by atoms with Gasteiger partial charge in [-0.25, -0.2) is 9.97 Å². The predicted octanol–water partition coefficient (Wildman–Crippen LogP) is 0.340. The molecule has 0 aromatic carbocycles. The first-order valence-electron chi connectivity index (χ1n) is 7.97. The molecule has 0 spiro atoms. The summed E-state index contributed by atoms with van der Waals surface area (Å²) in [5.41, 5.74) is 6.09. The van der Waals surface area contributed by atoms with E-state index in [9.17, 15) is 0 Å². The lowest BCUT2D eigenvalue weighted by Gasteiger charge is -2.32. The number of aliphatic imine (C=N–C) groups is 1. The quantitative estimate of drug-likeness (QED) is 0.641. The summed E-state index contributed by atoms with van der Waals surface area (Å²) in [6, 6.07) is 1.85. The van der Waals surface area contributed by atoms with Gasteiger partial charge in [-0.1, -0.05) is 0 Å². The minimum absolute atomic E-state index is 0.511. The summed E-state index contributed by atoms with van der Waals surface area (Å²) < 4.78 is 5.33. The summed E-state index contributed by atoms with van der Waals surface area (Å²) in [6.07, 6.45) is 5.92. The summed E-state index contributed by atoms with van der Waals surface area (Å²) in [5, 5.41) is 0. The second kappa shape index (κ2) is 7.40. The van der Waals surface area contributed by atoms with E-state index < -0.39 is 0 Å². The van der Waals surface area contributed by atoms with E-state index in [0.29, 0.717) is 11.9 Å². The van der Waals surface area contributed by atoms with E-state index in [0.717, 1.165) is 58.3 Å². The first-order valence-corrected chi connectivity index (χ1v) is 7.97. The van der Waals surface area contributed by atoms with Crippen molar-refractivity contribution in [1.82, 2.24) is 14.9 Å². The molecule has 0 aliphatic carbocycles. The van der Waals surface area contributed by atoms with Crippen molar-refractivity contribution in [1.29, 1.82) is 0 Å². The van der Waals surface area contributed by atoms with Gasteiger partial charge in [-0.3, -0.25) is 4.99 Å². The highest BCUT2D eigenvalue weighted by atomic mass is 16.5. The maximum Gasteiger partial charge on any atom is 0.225 e. The van der Waals surface area contributed by atoms with Gasteiger partial charge in [-0.2, -0.15) is 0 Å². The molecule has 1 unspecified atom stereocenters. The lowest BCUT2D eigenvalue weighted by molar-refractivity contribution is 0.0674. The van der Waals surface area contributed by atoms with Gasteiger partial charge >= 0.3 is 0 Å². The molecule has 2 N–H and O–H groups in total. The standard InChI is InChI=1S/C15H24N6O/c16-14(20-7-9-22-10-8-20)19-11-13-3-1-6-21(12-13)15-17-4-2-5-18-15/h2,4-5,13H,1,3,6-12H2,(H2,16,19). The van der Waals surface area contributed by atoms with Gasteiger partial charge in [0.1, 0.15) is 0 Å². The van der Waals surface area contributed by atoms with Crippen molar-refractivity contribution in [3.63, 3.8) is 0 Å². The molecule has 1 aromatic rings. The normalized spacial score (nSPS) is 23.6. The Morgan fingerprint density at radius 3 is 2.82 bits per heavy atom. The number of hydrogen-bond donors (Lipinski definition) is 1. The zero-order chi connectivity index (χ0) is 15.2. The van der Waals surface area contributed by atoms with Crippen LogP contribution < -0.4 is 10.6 Å². The van der Waals surface area contributed by atoms with Gasteiger partial charge in [0.15, 0.2) is 5.96 Å². The van der Waals surface area contributed by atoms with Crippen molar-refractivity contribution in [3.8, 4) is 0 Å². The van der Waals surface area contributed by atoms with Gasteiger partial charge in [0.05, 0.1) is 13.2 Å². The summed E-state index contributed by atoms with van der Waals surface area (Å²) in [4.78, 5) is 17.6. The molecule has 7 nitrogen and oxygen atoms in total. The van der Waals surface area contributed by atoms with Gasteiger partial charge in [0.2, 0.25) is 5.95 Å². The second-order valence-corrected chi connectivity index (χ2v) is 5.80. The number of nitrogens with zero attached hydrogens (tertiary/aromatic N) is 5. The third kappa shape index (κ3) is 3.85. The van der Waals surface area contributed by atoms with E-state index >= 15 is 0 Å². The number of guanidine groups is 1. The molecule has 22 heavy (non-hydrogen) atoms. The number of morpholine rings is 1. The average Bonchev–Trinajstić information content (AvgIpc) is 2.61. The zero-order valence-corrected chi connectivity index (χ0v) is 12.9. The number of rotatable bonds is 3. The summed E-state index contributed by atoms with van der Waals surface area (Å²) in [5.74, 6) is 1.98. The van der Waals surface area contributed by atoms with E-state index in [4.69, 9.17) is 10.5 Å². The lowest BCUT2D eigenvalue weighted by Crippen LogP contribution is -2.45. The van der Waals surface area contributed by atoms with Crippen LogP contribution in [-0.2, 0) is 4.74 Å². The number of ether oxygens (including phenoxy) is 1. The number of nitrogens with two attached hydrogens (primary N) is 1. The van der Waals surface area contributed by atoms with E-state index in [1.54, 1.807) is 12.4 Å². The summed E-state index contributed by atoms with van der Waals surface area (Å²) >= 11 is 0.